The molecule has 2 aromatic carbocycles. The molecule has 0 bridgehead atoms. The van der Waals surface area contributed by atoms with Crippen molar-refractivity contribution < 1.29 is 13.9 Å². The lowest BCUT2D eigenvalue weighted by molar-refractivity contribution is -0.119. The number of ether oxygens (including phenoxy) is 1. The van der Waals surface area contributed by atoms with Crippen molar-refractivity contribution in [3.8, 4) is 5.75 Å². The molecule has 1 heterocycles. The second-order valence-electron chi connectivity index (χ2n) is 6.43. The number of aryl methyl sites for hydroxylation is 2. The Kier molecular flexibility index (Phi) is 5.04. The summed E-state index contributed by atoms with van der Waals surface area (Å²) >= 11 is 0. The summed E-state index contributed by atoms with van der Waals surface area (Å²) in [5, 5.41) is 0. The van der Waals surface area contributed by atoms with Gasteiger partial charge in [-0.3, -0.25) is 4.79 Å². The van der Waals surface area contributed by atoms with Crippen LogP contribution in [-0.4, -0.2) is 19.6 Å². The van der Waals surface area contributed by atoms with Crippen molar-refractivity contribution in [3.05, 3.63) is 58.9 Å². The van der Waals surface area contributed by atoms with Crippen molar-refractivity contribution in [2.24, 2.45) is 5.73 Å². The van der Waals surface area contributed by atoms with Crippen molar-refractivity contribution in [1.29, 1.82) is 0 Å². The van der Waals surface area contributed by atoms with Crippen molar-refractivity contribution in [1.82, 2.24) is 0 Å². The molecule has 0 radical (unpaired) electrons. The molecule has 0 saturated carbocycles. The second-order valence-corrected chi connectivity index (χ2v) is 6.43. The summed E-state index contributed by atoms with van der Waals surface area (Å²) in [6.45, 7) is 2.47. The first-order chi connectivity index (χ1) is 12.0. The van der Waals surface area contributed by atoms with Crippen molar-refractivity contribution >= 4 is 11.6 Å². The number of carbonyl (C=O) groups is 1. The Morgan fingerprint density at radius 2 is 2.16 bits per heavy atom. The van der Waals surface area contributed by atoms with Crippen LogP contribution < -0.4 is 15.4 Å². The molecule has 4 nitrogen and oxygen atoms in total. The fraction of sp³-hybridized carbons (Fsp3) is 0.350. The van der Waals surface area contributed by atoms with Gasteiger partial charge in [0.05, 0.1) is 12.8 Å². The molecule has 1 aliphatic rings. The Hall–Kier alpha value is -2.40. The van der Waals surface area contributed by atoms with E-state index in [-0.39, 0.29) is 18.1 Å². The molecule has 1 atom stereocenters. The fourth-order valence-electron chi connectivity index (χ4n) is 3.45. The number of amides is 1. The third kappa shape index (κ3) is 3.51. The van der Waals surface area contributed by atoms with Gasteiger partial charge >= 0.3 is 0 Å². The number of nitrogens with two attached hydrogens (primary N) is 1. The third-order valence-corrected chi connectivity index (χ3v) is 4.74. The SMILES string of the molecule is COc1ccc(C(N)CC(=O)N2CCCc3cccc(F)c32)c(C)c1. The molecule has 0 aliphatic carbocycles. The van der Waals surface area contributed by atoms with Crippen LogP contribution in [0.3, 0.4) is 0 Å². The molecular weight excluding hydrogens is 319 g/mol. The van der Waals surface area contributed by atoms with E-state index in [1.165, 1.54) is 6.07 Å². The largest absolute Gasteiger partial charge is 0.497 e. The minimum Gasteiger partial charge on any atom is -0.497 e. The van der Waals surface area contributed by atoms with Crippen LogP contribution in [0, 0.1) is 12.7 Å². The summed E-state index contributed by atoms with van der Waals surface area (Å²) in [7, 11) is 1.61. The van der Waals surface area contributed by atoms with Gasteiger partial charge in [-0.2, -0.15) is 0 Å². The molecule has 25 heavy (non-hydrogen) atoms. The maximum absolute atomic E-state index is 14.3. The molecular formula is C20H23FN2O2. The van der Waals surface area contributed by atoms with Gasteiger partial charge in [0, 0.05) is 19.0 Å². The van der Waals surface area contributed by atoms with E-state index in [4.69, 9.17) is 10.5 Å². The van der Waals surface area contributed by atoms with Crippen molar-refractivity contribution in [3.63, 3.8) is 0 Å². The lowest BCUT2D eigenvalue weighted by atomic mass is 9.97. The van der Waals surface area contributed by atoms with E-state index in [2.05, 4.69) is 0 Å². The van der Waals surface area contributed by atoms with Crippen LogP contribution in [0.25, 0.3) is 0 Å². The Morgan fingerprint density at radius 1 is 1.36 bits per heavy atom. The first-order valence-electron chi connectivity index (χ1n) is 8.49. The van der Waals surface area contributed by atoms with Gasteiger partial charge in [0.25, 0.3) is 0 Å². The lowest BCUT2D eigenvalue weighted by Crippen LogP contribution is -2.38. The maximum atomic E-state index is 14.3. The zero-order valence-electron chi connectivity index (χ0n) is 14.6. The van der Waals surface area contributed by atoms with Crippen molar-refractivity contribution in [2.75, 3.05) is 18.6 Å². The van der Waals surface area contributed by atoms with Gasteiger partial charge in [0.1, 0.15) is 11.6 Å². The predicted octanol–water partition coefficient (Wildman–Crippen LogP) is 3.51. The zero-order valence-corrected chi connectivity index (χ0v) is 14.6. The highest BCUT2D eigenvalue weighted by Gasteiger charge is 2.27. The van der Waals surface area contributed by atoms with Gasteiger partial charge in [-0.1, -0.05) is 18.2 Å². The number of methoxy groups -OCH3 is 1. The van der Waals surface area contributed by atoms with E-state index in [1.54, 1.807) is 18.1 Å². The Morgan fingerprint density at radius 3 is 2.88 bits per heavy atom. The molecule has 0 saturated heterocycles. The molecule has 0 fully saturated rings. The Balaban J connectivity index is 1.79. The average molecular weight is 342 g/mol. The standard InChI is InChI=1S/C20H23FN2O2/c1-13-11-15(25-2)8-9-16(13)18(22)12-19(24)23-10-4-6-14-5-3-7-17(21)20(14)23/h3,5,7-9,11,18H,4,6,10,12,22H2,1-2H3. The van der Waals surface area contributed by atoms with Gasteiger partial charge in [0.15, 0.2) is 0 Å². The summed E-state index contributed by atoms with van der Waals surface area (Å²) in [6.07, 6.45) is 1.76. The van der Waals surface area contributed by atoms with E-state index in [0.717, 1.165) is 35.3 Å². The van der Waals surface area contributed by atoms with E-state index in [1.807, 2.05) is 31.2 Å². The van der Waals surface area contributed by atoms with Gasteiger partial charge < -0.3 is 15.4 Å². The number of carbonyl (C=O) groups excluding carboxylic acids is 1. The lowest BCUT2D eigenvalue weighted by Gasteiger charge is -2.30. The van der Waals surface area contributed by atoms with Crippen LogP contribution in [0.1, 0.15) is 35.6 Å². The molecule has 1 aliphatic heterocycles. The number of rotatable bonds is 4. The van der Waals surface area contributed by atoms with E-state index < -0.39 is 6.04 Å². The molecule has 5 heteroatoms. The van der Waals surface area contributed by atoms with Gasteiger partial charge in [0.2, 0.25) is 5.91 Å². The predicted molar refractivity (Wildman–Crippen MR) is 96.4 cm³/mol. The maximum Gasteiger partial charge on any atom is 0.228 e. The van der Waals surface area contributed by atoms with Gasteiger partial charge in [-0.25, -0.2) is 4.39 Å². The number of fused-ring (bicyclic) bond motifs is 1. The summed E-state index contributed by atoms with van der Waals surface area (Å²) in [5.74, 6) is 0.264. The molecule has 1 amide bonds. The first-order valence-corrected chi connectivity index (χ1v) is 8.49. The molecule has 3 rings (SSSR count). The smallest absolute Gasteiger partial charge is 0.228 e. The second kappa shape index (κ2) is 7.23. The number of hydrogen-bond acceptors (Lipinski definition) is 3. The summed E-state index contributed by atoms with van der Waals surface area (Å²) in [6, 6.07) is 10.2. The first kappa shape index (κ1) is 17.4. The molecule has 0 aromatic heterocycles. The molecule has 132 valence electrons. The Bertz CT molecular complexity index is 791. The molecule has 2 N–H and O–H groups in total. The quantitative estimate of drug-likeness (QED) is 0.925. The van der Waals surface area contributed by atoms with E-state index in [0.29, 0.717) is 12.2 Å². The fourth-order valence-corrected chi connectivity index (χ4v) is 3.45. The number of para-hydroxylation sites is 1. The highest BCUT2D eigenvalue weighted by atomic mass is 19.1. The van der Waals surface area contributed by atoms with Crippen LogP contribution >= 0.6 is 0 Å². The average Bonchev–Trinajstić information content (AvgIpc) is 2.61. The third-order valence-electron chi connectivity index (χ3n) is 4.74. The Labute approximate surface area is 147 Å². The number of hydrogen-bond donors (Lipinski definition) is 1. The summed E-state index contributed by atoms with van der Waals surface area (Å²) in [5.41, 5.74) is 9.45. The molecule has 2 aromatic rings. The van der Waals surface area contributed by atoms with Gasteiger partial charge in [-0.05, 0) is 54.7 Å². The minimum atomic E-state index is -0.435. The summed E-state index contributed by atoms with van der Waals surface area (Å²) in [4.78, 5) is 14.3. The van der Waals surface area contributed by atoms with Crippen LogP contribution in [0.2, 0.25) is 0 Å². The topological polar surface area (TPSA) is 55.6 Å². The zero-order chi connectivity index (χ0) is 18.0. The van der Waals surface area contributed by atoms with Crippen LogP contribution in [0.15, 0.2) is 36.4 Å². The van der Waals surface area contributed by atoms with Crippen LogP contribution in [0.4, 0.5) is 10.1 Å². The normalized spacial score (nSPS) is 14.8. The van der Waals surface area contributed by atoms with Gasteiger partial charge in [-0.15, -0.1) is 0 Å². The molecule has 0 spiro atoms. The number of nitrogens with zero attached hydrogens (tertiary/aromatic N) is 1. The van der Waals surface area contributed by atoms with Crippen LogP contribution in [0.5, 0.6) is 5.75 Å². The monoisotopic (exact) mass is 342 g/mol. The van der Waals surface area contributed by atoms with E-state index in [9.17, 15) is 9.18 Å². The summed E-state index contributed by atoms with van der Waals surface area (Å²) < 4.78 is 19.5. The van der Waals surface area contributed by atoms with E-state index >= 15 is 0 Å². The minimum absolute atomic E-state index is 0.140. The number of benzene rings is 2. The molecule has 1 unspecified atom stereocenters. The number of halogens is 1. The highest BCUT2D eigenvalue weighted by Crippen LogP contribution is 2.31. The number of anilines is 1. The van der Waals surface area contributed by atoms with Crippen molar-refractivity contribution in [2.45, 2.75) is 32.2 Å². The highest BCUT2D eigenvalue weighted by molar-refractivity contribution is 5.95. The van der Waals surface area contributed by atoms with Crippen LogP contribution in [-0.2, 0) is 11.2 Å².